The highest BCUT2D eigenvalue weighted by Gasteiger charge is 2.30. The zero-order chi connectivity index (χ0) is 14.8. The van der Waals surface area contributed by atoms with Crippen LogP contribution < -0.4 is 19.3 Å². The van der Waals surface area contributed by atoms with Gasteiger partial charge in [0.05, 0.1) is 21.3 Å². The lowest BCUT2D eigenvalue weighted by Gasteiger charge is -2.16. The minimum atomic E-state index is -4.27. The fourth-order valence-corrected chi connectivity index (χ4v) is 2.46. The molecule has 0 bridgehead atoms. The lowest BCUT2D eigenvalue weighted by Crippen LogP contribution is -2.17. The first-order valence-electron chi connectivity index (χ1n) is 4.87. The number of hydrogen-bond donors (Lipinski definition) is 2. The molecule has 0 unspecified atom stereocenters. The Balaban J connectivity index is 3.92. The summed E-state index contributed by atoms with van der Waals surface area (Å²) in [5.74, 6) is -2.09. The van der Waals surface area contributed by atoms with Crippen LogP contribution in [-0.2, 0) is 10.0 Å². The molecule has 0 fully saturated rings. The third-order valence-corrected chi connectivity index (χ3v) is 3.24. The molecule has 0 spiro atoms. The third-order valence-electron chi connectivity index (χ3n) is 2.30. The Hall–Kier alpha value is -2.00. The topological polar surface area (TPSA) is 125 Å². The van der Waals surface area contributed by atoms with Gasteiger partial charge in [0.25, 0.3) is 0 Å². The van der Waals surface area contributed by atoms with Gasteiger partial charge < -0.3 is 19.3 Å². The summed E-state index contributed by atoms with van der Waals surface area (Å²) >= 11 is 0. The van der Waals surface area contributed by atoms with Gasteiger partial charge in [0.1, 0.15) is 5.56 Å². The molecule has 0 saturated heterocycles. The van der Waals surface area contributed by atoms with E-state index in [0.29, 0.717) is 0 Å². The molecule has 8 nitrogen and oxygen atoms in total. The van der Waals surface area contributed by atoms with Crippen molar-refractivity contribution >= 4 is 16.0 Å². The number of methoxy groups -OCH3 is 3. The standard InChI is InChI=1S/C10H13NO7S/c1-16-6-4-5(10(12)13)7(17-2)9(8(6)18-3)19(11,14)15/h4H,1-3H3,(H,12,13)(H2,11,14,15). The molecule has 0 aliphatic carbocycles. The first-order chi connectivity index (χ1) is 8.77. The van der Waals surface area contributed by atoms with Crippen molar-refractivity contribution in [1.82, 2.24) is 0 Å². The maximum absolute atomic E-state index is 11.6. The highest BCUT2D eigenvalue weighted by atomic mass is 32.2. The molecular weight excluding hydrogens is 278 g/mol. The number of carboxylic acids is 1. The summed E-state index contributed by atoms with van der Waals surface area (Å²) in [4.78, 5) is 10.5. The molecule has 9 heteroatoms. The molecule has 106 valence electrons. The summed E-state index contributed by atoms with van der Waals surface area (Å²) in [6, 6.07) is 1.09. The summed E-state index contributed by atoms with van der Waals surface area (Å²) in [6.07, 6.45) is 0. The fraction of sp³-hybridized carbons (Fsp3) is 0.300. The molecule has 0 amide bonds. The van der Waals surface area contributed by atoms with Crippen LogP contribution in [0.25, 0.3) is 0 Å². The lowest BCUT2D eigenvalue weighted by atomic mass is 10.1. The van der Waals surface area contributed by atoms with E-state index in [1.54, 1.807) is 0 Å². The van der Waals surface area contributed by atoms with Crippen molar-refractivity contribution in [3.05, 3.63) is 11.6 Å². The number of aromatic carboxylic acids is 1. The number of nitrogens with two attached hydrogens (primary N) is 1. The van der Waals surface area contributed by atoms with Gasteiger partial charge in [-0.05, 0) is 0 Å². The van der Waals surface area contributed by atoms with Crippen LogP contribution in [0.1, 0.15) is 10.4 Å². The van der Waals surface area contributed by atoms with Gasteiger partial charge >= 0.3 is 5.97 Å². The smallest absolute Gasteiger partial charge is 0.339 e. The minimum absolute atomic E-state index is 0.0790. The molecule has 3 N–H and O–H groups in total. The third kappa shape index (κ3) is 2.71. The Morgan fingerprint density at radius 3 is 2.00 bits per heavy atom. The van der Waals surface area contributed by atoms with E-state index < -0.39 is 32.2 Å². The number of benzene rings is 1. The molecule has 1 aromatic carbocycles. The Kier molecular flexibility index (Phi) is 4.22. The van der Waals surface area contributed by atoms with Crippen molar-refractivity contribution in [3.8, 4) is 17.2 Å². The zero-order valence-corrected chi connectivity index (χ0v) is 11.3. The van der Waals surface area contributed by atoms with Gasteiger partial charge in [0.15, 0.2) is 22.1 Å². The van der Waals surface area contributed by atoms with E-state index in [1.165, 1.54) is 14.2 Å². The Bertz CT molecular complexity index is 609. The Morgan fingerprint density at radius 1 is 1.16 bits per heavy atom. The molecule has 0 atom stereocenters. The Labute approximate surface area is 109 Å². The van der Waals surface area contributed by atoms with Crippen LogP contribution in [0.5, 0.6) is 17.2 Å². The first kappa shape index (κ1) is 15.1. The van der Waals surface area contributed by atoms with Gasteiger partial charge in [0.2, 0.25) is 10.0 Å². The summed E-state index contributed by atoms with van der Waals surface area (Å²) in [6.45, 7) is 0. The maximum Gasteiger partial charge on any atom is 0.339 e. The van der Waals surface area contributed by atoms with Crippen molar-refractivity contribution in [2.75, 3.05) is 21.3 Å². The zero-order valence-electron chi connectivity index (χ0n) is 10.5. The lowest BCUT2D eigenvalue weighted by molar-refractivity contribution is 0.0692. The number of primary sulfonamides is 1. The van der Waals surface area contributed by atoms with Gasteiger partial charge in [0, 0.05) is 6.07 Å². The van der Waals surface area contributed by atoms with E-state index in [0.717, 1.165) is 13.2 Å². The van der Waals surface area contributed by atoms with Crippen molar-refractivity contribution < 1.29 is 32.5 Å². The summed E-state index contributed by atoms with van der Waals surface area (Å²) in [5, 5.41) is 14.1. The second kappa shape index (κ2) is 5.33. The van der Waals surface area contributed by atoms with E-state index in [2.05, 4.69) is 0 Å². The van der Waals surface area contributed by atoms with Gasteiger partial charge in [-0.15, -0.1) is 0 Å². The SMILES string of the molecule is COc1cc(C(=O)O)c(OC)c(S(N)(=O)=O)c1OC. The summed E-state index contributed by atoms with van der Waals surface area (Å²) in [5.41, 5.74) is -0.399. The average Bonchev–Trinajstić information content (AvgIpc) is 2.34. The molecule has 1 aromatic rings. The van der Waals surface area contributed by atoms with Crippen molar-refractivity contribution in [1.29, 1.82) is 0 Å². The van der Waals surface area contributed by atoms with Crippen LogP contribution in [-0.4, -0.2) is 40.8 Å². The van der Waals surface area contributed by atoms with Crippen LogP contribution >= 0.6 is 0 Å². The van der Waals surface area contributed by atoms with E-state index in [9.17, 15) is 13.2 Å². The predicted octanol–water partition coefficient (Wildman–Crippen LogP) is 0.0580. The molecule has 19 heavy (non-hydrogen) atoms. The molecule has 0 saturated carbocycles. The molecular formula is C10H13NO7S. The first-order valence-corrected chi connectivity index (χ1v) is 6.41. The van der Waals surface area contributed by atoms with Gasteiger partial charge in [-0.2, -0.15) is 0 Å². The largest absolute Gasteiger partial charge is 0.494 e. The van der Waals surface area contributed by atoms with Gasteiger partial charge in [-0.3, -0.25) is 0 Å². The van der Waals surface area contributed by atoms with Crippen molar-refractivity contribution in [3.63, 3.8) is 0 Å². The molecule has 0 aliphatic heterocycles. The normalized spacial score (nSPS) is 10.9. The van der Waals surface area contributed by atoms with E-state index in [4.69, 9.17) is 24.5 Å². The number of sulfonamides is 1. The van der Waals surface area contributed by atoms with Crippen LogP contribution in [0.15, 0.2) is 11.0 Å². The monoisotopic (exact) mass is 291 g/mol. The minimum Gasteiger partial charge on any atom is -0.494 e. The molecule has 0 heterocycles. The van der Waals surface area contributed by atoms with E-state index in [1.807, 2.05) is 0 Å². The number of rotatable bonds is 5. The van der Waals surface area contributed by atoms with Crippen LogP contribution in [0.4, 0.5) is 0 Å². The second-order valence-electron chi connectivity index (χ2n) is 3.37. The van der Waals surface area contributed by atoms with Gasteiger partial charge in [-0.25, -0.2) is 18.4 Å². The summed E-state index contributed by atoms with van der Waals surface area (Å²) < 4.78 is 37.9. The number of carboxylic acid groups (broad SMARTS) is 1. The summed E-state index contributed by atoms with van der Waals surface area (Å²) in [7, 11) is -0.703. The van der Waals surface area contributed by atoms with Crippen LogP contribution in [0.3, 0.4) is 0 Å². The van der Waals surface area contributed by atoms with E-state index in [-0.39, 0.29) is 11.5 Å². The molecule has 1 rings (SSSR count). The van der Waals surface area contributed by atoms with Gasteiger partial charge in [-0.1, -0.05) is 0 Å². The molecule has 0 radical (unpaired) electrons. The second-order valence-corrected chi connectivity index (χ2v) is 4.87. The van der Waals surface area contributed by atoms with Crippen LogP contribution in [0, 0.1) is 0 Å². The number of hydrogen-bond acceptors (Lipinski definition) is 6. The predicted molar refractivity (Wildman–Crippen MR) is 64.4 cm³/mol. The van der Waals surface area contributed by atoms with Crippen LogP contribution in [0.2, 0.25) is 0 Å². The highest BCUT2D eigenvalue weighted by molar-refractivity contribution is 7.89. The average molecular weight is 291 g/mol. The van der Waals surface area contributed by atoms with Crippen molar-refractivity contribution in [2.45, 2.75) is 4.90 Å². The number of ether oxygens (including phenoxy) is 3. The Morgan fingerprint density at radius 2 is 1.68 bits per heavy atom. The number of carbonyl (C=O) groups is 1. The molecule has 0 aromatic heterocycles. The highest BCUT2D eigenvalue weighted by Crippen LogP contribution is 2.42. The fourth-order valence-electron chi connectivity index (χ4n) is 1.56. The maximum atomic E-state index is 11.6. The quantitative estimate of drug-likeness (QED) is 0.785. The molecule has 0 aliphatic rings. The van der Waals surface area contributed by atoms with Crippen molar-refractivity contribution in [2.24, 2.45) is 5.14 Å². The van der Waals surface area contributed by atoms with E-state index >= 15 is 0 Å².